The van der Waals surface area contributed by atoms with Crippen molar-refractivity contribution in [2.45, 2.75) is 38.1 Å². The van der Waals surface area contributed by atoms with Gasteiger partial charge in [-0.1, -0.05) is 30.9 Å². The Labute approximate surface area is 128 Å². The molecule has 0 radical (unpaired) electrons. The third-order valence-corrected chi connectivity index (χ3v) is 4.13. The van der Waals surface area contributed by atoms with E-state index in [2.05, 4.69) is 15.3 Å². The number of nitrogens with one attached hydrogen (secondary N) is 2. The molecule has 2 N–H and O–H groups in total. The summed E-state index contributed by atoms with van der Waals surface area (Å²) in [6, 6.07) is 7.67. The standard InChI is InChI=1S/C16H18ClN3O/c17-12-8-6-11(7-9-12)15-18-10-14(20-15)16(21)19-13-4-2-1-3-5-13/h6-10,13H,1-5H2,(H,18,20)(H,19,21). The van der Waals surface area contributed by atoms with Crippen molar-refractivity contribution in [3.8, 4) is 11.4 Å². The van der Waals surface area contributed by atoms with Gasteiger partial charge in [0, 0.05) is 16.6 Å². The molecule has 1 aromatic carbocycles. The average molecular weight is 304 g/mol. The summed E-state index contributed by atoms with van der Waals surface area (Å²) < 4.78 is 0. The van der Waals surface area contributed by atoms with Crippen LogP contribution in [-0.2, 0) is 0 Å². The molecule has 21 heavy (non-hydrogen) atoms. The Balaban J connectivity index is 1.69. The van der Waals surface area contributed by atoms with Gasteiger partial charge in [0.1, 0.15) is 11.5 Å². The summed E-state index contributed by atoms with van der Waals surface area (Å²) in [6.45, 7) is 0. The topological polar surface area (TPSA) is 57.8 Å². The lowest BCUT2D eigenvalue weighted by atomic mass is 9.95. The van der Waals surface area contributed by atoms with E-state index in [-0.39, 0.29) is 5.91 Å². The third kappa shape index (κ3) is 3.45. The van der Waals surface area contributed by atoms with Crippen molar-refractivity contribution in [3.05, 3.63) is 41.2 Å². The van der Waals surface area contributed by atoms with Crippen LogP contribution in [-0.4, -0.2) is 21.9 Å². The molecule has 0 saturated heterocycles. The zero-order chi connectivity index (χ0) is 14.7. The Morgan fingerprint density at radius 3 is 2.62 bits per heavy atom. The second-order valence-corrected chi connectivity index (χ2v) is 5.90. The molecule has 1 fully saturated rings. The smallest absolute Gasteiger partial charge is 0.269 e. The molecule has 1 heterocycles. The highest BCUT2D eigenvalue weighted by Gasteiger charge is 2.18. The largest absolute Gasteiger partial charge is 0.348 e. The Bertz CT molecular complexity index is 615. The molecule has 1 amide bonds. The highest BCUT2D eigenvalue weighted by atomic mass is 35.5. The molecule has 3 rings (SSSR count). The number of nitrogens with zero attached hydrogens (tertiary/aromatic N) is 1. The predicted octanol–water partition coefficient (Wildman–Crippen LogP) is 3.79. The first-order valence-electron chi connectivity index (χ1n) is 7.34. The number of aromatic nitrogens is 2. The molecule has 0 unspecified atom stereocenters. The molecule has 1 aromatic heterocycles. The zero-order valence-electron chi connectivity index (χ0n) is 11.7. The van der Waals surface area contributed by atoms with Crippen LogP contribution in [0.1, 0.15) is 42.6 Å². The molecule has 4 nitrogen and oxygen atoms in total. The van der Waals surface area contributed by atoms with Crippen LogP contribution in [0.2, 0.25) is 5.02 Å². The Kier molecular flexibility index (Phi) is 4.25. The average Bonchev–Trinajstić information content (AvgIpc) is 2.99. The predicted molar refractivity (Wildman–Crippen MR) is 83.4 cm³/mol. The number of benzene rings is 1. The summed E-state index contributed by atoms with van der Waals surface area (Å²) in [5.74, 6) is 0.607. The molecule has 0 aliphatic heterocycles. The maximum atomic E-state index is 12.2. The van der Waals surface area contributed by atoms with Crippen LogP contribution in [0.4, 0.5) is 0 Å². The van der Waals surface area contributed by atoms with Crippen LogP contribution in [0, 0.1) is 0 Å². The van der Waals surface area contributed by atoms with Gasteiger partial charge in [-0.05, 0) is 37.1 Å². The second-order valence-electron chi connectivity index (χ2n) is 5.46. The molecule has 1 saturated carbocycles. The van der Waals surface area contributed by atoms with Gasteiger partial charge < -0.3 is 10.3 Å². The van der Waals surface area contributed by atoms with Crippen LogP contribution >= 0.6 is 11.6 Å². The van der Waals surface area contributed by atoms with E-state index in [1.807, 2.05) is 12.1 Å². The van der Waals surface area contributed by atoms with Crippen molar-refractivity contribution in [1.29, 1.82) is 0 Å². The van der Waals surface area contributed by atoms with Gasteiger partial charge in [0.2, 0.25) is 0 Å². The SMILES string of the molecule is O=C(NC1CCCCC1)c1cnc(-c2ccc(Cl)cc2)[nH]1. The van der Waals surface area contributed by atoms with E-state index in [9.17, 15) is 4.79 Å². The van der Waals surface area contributed by atoms with E-state index in [1.165, 1.54) is 19.3 Å². The summed E-state index contributed by atoms with van der Waals surface area (Å²) in [6.07, 6.45) is 7.40. The molecule has 1 aliphatic rings. The first kappa shape index (κ1) is 14.1. The molecular weight excluding hydrogens is 286 g/mol. The van der Waals surface area contributed by atoms with Gasteiger partial charge in [-0.3, -0.25) is 4.79 Å². The number of hydrogen-bond acceptors (Lipinski definition) is 2. The first-order valence-corrected chi connectivity index (χ1v) is 7.72. The minimum atomic E-state index is -0.0744. The fraction of sp³-hybridized carbons (Fsp3) is 0.375. The van der Waals surface area contributed by atoms with E-state index in [0.29, 0.717) is 22.6 Å². The molecule has 0 bridgehead atoms. The molecule has 0 spiro atoms. The molecular formula is C16H18ClN3O. The molecule has 2 aromatic rings. The van der Waals surface area contributed by atoms with Crippen molar-refractivity contribution in [3.63, 3.8) is 0 Å². The number of amides is 1. The van der Waals surface area contributed by atoms with Crippen LogP contribution in [0.3, 0.4) is 0 Å². The molecule has 110 valence electrons. The summed E-state index contributed by atoms with van der Waals surface area (Å²) >= 11 is 5.87. The first-order chi connectivity index (χ1) is 10.2. The van der Waals surface area contributed by atoms with Crippen molar-refractivity contribution in [2.24, 2.45) is 0 Å². The van der Waals surface area contributed by atoms with Crippen LogP contribution in [0.5, 0.6) is 0 Å². The maximum Gasteiger partial charge on any atom is 0.269 e. The van der Waals surface area contributed by atoms with Crippen LogP contribution in [0.15, 0.2) is 30.5 Å². The van der Waals surface area contributed by atoms with Gasteiger partial charge in [-0.2, -0.15) is 0 Å². The number of aromatic amines is 1. The number of halogens is 1. The van der Waals surface area contributed by atoms with Crippen molar-refractivity contribution >= 4 is 17.5 Å². The Hall–Kier alpha value is -1.81. The second kappa shape index (κ2) is 6.31. The number of carbonyl (C=O) groups is 1. The maximum absolute atomic E-state index is 12.2. The van der Waals surface area contributed by atoms with Gasteiger partial charge in [0.25, 0.3) is 5.91 Å². The summed E-state index contributed by atoms with van der Waals surface area (Å²) in [7, 11) is 0. The lowest BCUT2D eigenvalue weighted by Crippen LogP contribution is -2.36. The number of hydrogen-bond donors (Lipinski definition) is 2. The molecule has 1 aliphatic carbocycles. The zero-order valence-corrected chi connectivity index (χ0v) is 12.5. The number of rotatable bonds is 3. The minimum absolute atomic E-state index is 0.0744. The lowest BCUT2D eigenvalue weighted by Gasteiger charge is -2.22. The van der Waals surface area contributed by atoms with Crippen molar-refractivity contribution in [2.75, 3.05) is 0 Å². The summed E-state index contributed by atoms with van der Waals surface area (Å²) in [4.78, 5) is 19.6. The van der Waals surface area contributed by atoms with Crippen molar-refractivity contribution < 1.29 is 4.79 Å². The number of H-pyrrole nitrogens is 1. The monoisotopic (exact) mass is 303 g/mol. The fourth-order valence-electron chi connectivity index (χ4n) is 2.70. The van der Waals surface area contributed by atoms with E-state index in [0.717, 1.165) is 18.4 Å². The highest BCUT2D eigenvalue weighted by molar-refractivity contribution is 6.30. The van der Waals surface area contributed by atoms with Crippen molar-refractivity contribution in [1.82, 2.24) is 15.3 Å². The minimum Gasteiger partial charge on any atom is -0.348 e. The van der Waals surface area contributed by atoms with Crippen LogP contribution in [0.25, 0.3) is 11.4 Å². The lowest BCUT2D eigenvalue weighted by molar-refractivity contribution is 0.0923. The normalized spacial score (nSPS) is 15.9. The number of imidazole rings is 1. The number of carbonyl (C=O) groups excluding carboxylic acids is 1. The van der Waals surface area contributed by atoms with Crippen LogP contribution < -0.4 is 5.32 Å². The van der Waals surface area contributed by atoms with E-state index in [1.54, 1.807) is 18.3 Å². The Morgan fingerprint density at radius 2 is 1.90 bits per heavy atom. The van der Waals surface area contributed by atoms with E-state index in [4.69, 9.17) is 11.6 Å². The van der Waals surface area contributed by atoms with Gasteiger partial charge >= 0.3 is 0 Å². The van der Waals surface area contributed by atoms with Gasteiger partial charge in [0.05, 0.1) is 6.20 Å². The van der Waals surface area contributed by atoms with Gasteiger partial charge in [-0.25, -0.2) is 4.98 Å². The summed E-state index contributed by atoms with van der Waals surface area (Å²) in [5.41, 5.74) is 1.42. The quantitative estimate of drug-likeness (QED) is 0.906. The molecule has 0 atom stereocenters. The van der Waals surface area contributed by atoms with Gasteiger partial charge in [-0.15, -0.1) is 0 Å². The van der Waals surface area contributed by atoms with E-state index < -0.39 is 0 Å². The Morgan fingerprint density at radius 1 is 1.19 bits per heavy atom. The molecule has 5 heteroatoms. The summed E-state index contributed by atoms with van der Waals surface area (Å²) in [5, 5.41) is 3.76. The highest BCUT2D eigenvalue weighted by Crippen LogP contribution is 2.20. The van der Waals surface area contributed by atoms with E-state index >= 15 is 0 Å². The van der Waals surface area contributed by atoms with Gasteiger partial charge in [0.15, 0.2) is 0 Å². The third-order valence-electron chi connectivity index (χ3n) is 3.88. The fourth-order valence-corrected chi connectivity index (χ4v) is 2.83.